The SMILES string of the molecule is C=CCC(C)NC(C)CCC. The van der Waals surface area contributed by atoms with Crippen LogP contribution in [0, 0.1) is 0 Å². The maximum Gasteiger partial charge on any atom is 0.00756 e. The summed E-state index contributed by atoms with van der Waals surface area (Å²) in [6.45, 7) is 10.4. The van der Waals surface area contributed by atoms with Gasteiger partial charge in [0.1, 0.15) is 0 Å². The van der Waals surface area contributed by atoms with Gasteiger partial charge >= 0.3 is 0 Å². The fraction of sp³-hybridized carbons (Fsp3) is 0.800. The first-order chi connectivity index (χ1) is 5.20. The Kier molecular flexibility index (Phi) is 6.24. The van der Waals surface area contributed by atoms with Crippen molar-refractivity contribution in [2.24, 2.45) is 0 Å². The van der Waals surface area contributed by atoms with E-state index in [2.05, 4.69) is 32.7 Å². The van der Waals surface area contributed by atoms with E-state index in [9.17, 15) is 0 Å². The molecule has 0 aliphatic rings. The van der Waals surface area contributed by atoms with Crippen molar-refractivity contribution in [3.63, 3.8) is 0 Å². The fourth-order valence-electron chi connectivity index (χ4n) is 1.32. The molecule has 1 nitrogen and oxygen atoms in total. The number of nitrogens with one attached hydrogen (secondary N) is 1. The van der Waals surface area contributed by atoms with E-state index in [0.717, 1.165) is 6.42 Å². The maximum atomic E-state index is 3.71. The van der Waals surface area contributed by atoms with Crippen molar-refractivity contribution in [1.29, 1.82) is 0 Å². The van der Waals surface area contributed by atoms with Crippen LogP contribution in [0.5, 0.6) is 0 Å². The molecule has 0 amide bonds. The summed E-state index contributed by atoms with van der Waals surface area (Å²) in [7, 11) is 0. The molecule has 0 fully saturated rings. The second kappa shape index (κ2) is 6.41. The molecule has 2 unspecified atom stereocenters. The minimum Gasteiger partial charge on any atom is -0.311 e. The van der Waals surface area contributed by atoms with Crippen LogP contribution in [0.25, 0.3) is 0 Å². The highest BCUT2D eigenvalue weighted by atomic mass is 14.9. The molecule has 1 heteroatoms. The van der Waals surface area contributed by atoms with Gasteiger partial charge in [-0.2, -0.15) is 0 Å². The maximum absolute atomic E-state index is 3.71. The Balaban J connectivity index is 3.39. The Labute approximate surface area is 70.9 Å². The van der Waals surface area contributed by atoms with Gasteiger partial charge < -0.3 is 5.32 Å². The van der Waals surface area contributed by atoms with E-state index in [1.54, 1.807) is 0 Å². The molecular weight excluding hydrogens is 134 g/mol. The van der Waals surface area contributed by atoms with Crippen LogP contribution >= 0.6 is 0 Å². The molecule has 0 bridgehead atoms. The molecule has 0 saturated heterocycles. The topological polar surface area (TPSA) is 12.0 Å². The van der Waals surface area contributed by atoms with Crippen molar-refractivity contribution < 1.29 is 0 Å². The molecule has 1 N–H and O–H groups in total. The van der Waals surface area contributed by atoms with E-state index >= 15 is 0 Å². The lowest BCUT2D eigenvalue weighted by Crippen LogP contribution is -2.33. The Morgan fingerprint density at radius 1 is 1.36 bits per heavy atom. The molecule has 0 radical (unpaired) electrons. The molecule has 0 rings (SSSR count). The molecule has 0 spiro atoms. The molecule has 2 atom stereocenters. The van der Waals surface area contributed by atoms with Crippen molar-refractivity contribution in [2.75, 3.05) is 0 Å². The first-order valence-electron chi connectivity index (χ1n) is 4.57. The highest BCUT2D eigenvalue weighted by molar-refractivity contribution is 4.76. The molecule has 66 valence electrons. The van der Waals surface area contributed by atoms with Gasteiger partial charge in [0.2, 0.25) is 0 Å². The van der Waals surface area contributed by atoms with Gasteiger partial charge in [0.15, 0.2) is 0 Å². The van der Waals surface area contributed by atoms with E-state index in [4.69, 9.17) is 0 Å². The van der Waals surface area contributed by atoms with E-state index in [1.165, 1.54) is 12.8 Å². The average molecular weight is 155 g/mol. The zero-order chi connectivity index (χ0) is 8.69. The largest absolute Gasteiger partial charge is 0.311 e. The molecule has 0 heterocycles. The summed E-state index contributed by atoms with van der Waals surface area (Å²) < 4.78 is 0. The summed E-state index contributed by atoms with van der Waals surface area (Å²) in [6.07, 6.45) is 5.56. The Hall–Kier alpha value is -0.300. The van der Waals surface area contributed by atoms with Gasteiger partial charge in [-0.1, -0.05) is 19.4 Å². The van der Waals surface area contributed by atoms with Crippen molar-refractivity contribution in [1.82, 2.24) is 5.32 Å². The van der Waals surface area contributed by atoms with Gasteiger partial charge in [-0.15, -0.1) is 6.58 Å². The first kappa shape index (κ1) is 10.7. The lowest BCUT2D eigenvalue weighted by molar-refractivity contribution is 0.445. The van der Waals surface area contributed by atoms with Crippen molar-refractivity contribution in [3.8, 4) is 0 Å². The van der Waals surface area contributed by atoms with E-state index in [-0.39, 0.29) is 0 Å². The molecular formula is C10H21N. The predicted molar refractivity (Wildman–Crippen MR) is 51.8 cm³/mol. The molecule has 0 aromatic heterocycles. The number of hydrogen-bond donors (Lipinski definition) is 1. The zero-order valence-electron chi connectivity index (χ0n) is 8.06. The third-order valence-electron chi connectivity index (χ3n) is 1.81. The normalized spacial score (nSPS) is 15.9. The lowest BCUT2D eigenvalue weighted by Gasteiger charge is -2.17. The monoisotopic (exact) mass is 155 g/mol. The summed E-state index contributed by atoms with van der Waals surface area (Å²) in [5.74, 6) is 0. The fourth-order valence-corrected chi connectivity index (χ4v) is 1.32. The Bertz CT molecular complexity index is 99.0. The van der Waals surface area contributed by atoms with E-state index in [0.29, 0.717) is 12.1 Å². The van der Waals surface area contributed by atoms with Gasteiger partial charge in [0.25, 0.3) is 0 Å². The van der Waals surface area contributed by atoms with Crippen LogP contribution in [-0.4, -0.2) is 12.1 Å². The number of rotatable bonds is 6. The van der Waals surface area contributed by atoms with Crippen LogP contribution < -0.4 is 5.32 Å². The molecule has 0 aromatic rings. The Morgan fingerprint density at radius 2 is 2.00 bits per heavy atom. The van der Waals surface area contributed by atoms with Gasteiger partial charge in [0, 0.05) is 12.1 Å². The second-order valence-corrected chi connectivity index (χ2v) is 3.28. The van der Waals surface area contributed by atoms with Crippen LogP contribution in [-0.2, 0) is 0 Å². The van der Waals surface area contributed by atoms with Crippen LogP contribution in [0.3, 0.4) is 0 Å². The third-order valence-corrected chi connectivity index (χ3v) is 1.81. The van der Waals surface area contributed by atoms with Crippen molar-refractivity contribution in [2.45, 2.75) is 52.1 Å². The predicted octanol–water partition coefficient (Wildman–Crippen LogP) is 2.73. The van der Waals surface area contributed by atoms with Crippen LogP contribution in [0.4, 0.5) is 0 Å². The van der Waals surface area contributed by atoms with Crippen molar-refractivity contribution in [3.05, 3.63) is 12.7 Å². The summed E-state index contributed by atoms with van der Waals surface area (Å²) in [5.41, 5.74) is 0. The smallest absolute Gasteiger partial charge is 0.00756 e. The van der Waals surface area contributed by atoms with E-state index < -0.39 is 0 Å². The third kappa shape index (κ3) is 6.11. The minimum atomic E-state index is 0.578. The van der Waals surface area contributed by atoms with Crippen LogP contribution in [0.2, 0.25) is 0 Å². The standard InChI is InChI=1S/C10H21N/c1-5-7-9(3)11-10(4)8-6-2/h5,9-11H,1,6-8H2,2-4H3. The van der Waals surface area contributed by atoms with Gasteiger partial charge in [-0.25, -0.2) is 0 Å². The molecule has 0 aromatic carbocycles. The van der Waals surface area contributed by atoms with Crippen molar-refractivity contribution >= 4 is 0 Å². The van der Waals surface area contributed by atoms with Crippen LogP contribution in [0.15, 0.2) is 12.7 Å². The molecule has 0 aliphatic carbocycles. The zero-order valence-corrected chi connectivity index (χ0v) is 8.06. The van der Waals surface area contributed by atoms with Gasteiger partial charge in [-0.05, 0) is 26.7 Å². The summed E-state index contributed by atoms with van der Waals surface area (Å²) in [6, 6.07) is 1.23. The minimum absolute atomic E-state index is 0.578. The summed E-state index contributed by atoms with van der Waals surface area (Å²) in [4.78, 5) is 0. The second-order valence-electron chi connectivity index (χ2n) is 3.28. The Morgan fingerprint density at radius 3 is 2.45 bits per heavy atom. The van der Waals surface area contributed by atoms with Gasteiger partial charge in [0.05, 0.1) is 0 Å². The average Bonchev–Trinajstić information content (AvgIpc) is 1.87. The van der Waals surface area contributed by atoms with Crippen LogP contribution in [0.1, 0.15) is 40.0 Å². The first-order valence-corrected chi connectivity index (χ1v) is 4.57. The lowest BCUT2D eigenvalue weighted by atomic mass is 10.1. The molecule has 0 aliphatic heterocycles. The summed E-state index contributed by atoms with van der Waals surface area (Å²) in [5, 5.41) is 3.51. The summed E-state index contributed by atoms with van der Waals surface area (Å²) >= 11 is 0. The molecule has 0 saturated carbocycles. The highest BCUT2D eigenvalue weighted by Crippen LogP contribution is 1.99. The van der Waals surface area contributed by atoms with Gasteiger partial charge in [-0.3, -0.25) is 0 Å². The quantitative estimate of drug-likeness (QED) is 0.582. The number of hydrogen-bond acceptors (Lipinski definition) is 1. The highest BCUT2D eigenvalue weighted by Gasteiger charge is 2.03. The van der Waals surface area contributed by atoms with E-state index in [1.807, 2.05) is 6.08 Å². The molecule has 11 heavy (non-hydrogen) atoms.